The Morgan fingerprint density at radius 2 is 1.92 bits per heavy atom. The molecule has 2 unspecified atom stereocenters. The lowest BCUT2D eigenvalue weighted by Crippen LogP contribution is -2.36. The second-order valence-corrected chi connectivity index (χ2v) is 6.64. The minimum Gasteiger partial charge on any atom is -0.489 e. The second kappa shape index (κ2) is 5.99. The molecule has 4 rings (SSSR count). The summed E-state index contributed by atoms with van der Waals surface area (Å²) in [7, 11) is 1.63. The van der Waals surface area contributed by atoms with E-state index in [2.05, 4.69) is 0 Å². The minimum absolute atomic E-state index is 0.0198. The van der Waals surface area contributed by atoms with Crippen molar-refractivity contribution in [1.82, 2.24) is 4.90 Å². The third-order valence-corrected chi connectivity index (χ3v) is 5.16. The van der Waals surface area contributed by atoms with Crippen LogP contribution in [0.4, 0.5) is 4.39 Å². The van der Waals surface area contributed by atoms with Crippen LogP contribution in [-0.4, -0.2) is 29.7 Å². The molecule has 1 amide bonds. The fraction of sp³-hybridized carbons (Fsp3) is 0.300. The average molecular weight is 339 g/mol. The number of hydrogen-bond donors (Lipinski definition) is 0. The predicted octanol–water partition coefficient (Wildman–Crippen LogP) is 3.31. The zero-order valence-corrected chi connectivity index (χ0v) is 13.9. The highest BCUT2D eigenvalue weighted by Crippen LogP contribution is 2.44. The quantitative estimate of drug-likeness (QED) is 0.862. The van der Waals surface area contributed by atoms with Crippen LogP contribution in [0.25, 0.3) is 0 Å². The van der Waals surface area contributed by atoms with Crippen LogP contribution in [0, 0.1) is 5.82 Å². The number of amides is 1. The summed E-state index contributed by atoms with van der Waals surface area (Å²) in [5.41, 5.74) is 1.36. The van der Waals surface area contributed by atoms with Gasteiger partial charge in [0, 0.05) is 31.0 Å². The standard InChI is InChI=1S/C20H18FNO3/c1-22-13-9-14(16(23)10-13)18-17(8-7-15(21)19(18)20(22)24)25-11-12-5-3-2-4-6-12/h2-8,13-14H,9-11H2,1H3. The van der Waals surface area contributed by atoms with Gasteiger partial charge in [-0.05, 0) is 24.1 Å². The molecule has 4 nitrogen and oxygen atoms in total. The summed E-state index contributed by atoms with van der Waals surface area (Å²) in [6.07, 6.45) is 0.847. The summed E-state index contributed by atoms with van der Waals surface area (Å²) in [6.45, 7) is 0.299. The lowest BCUT2D eigenvalue weighted by molar-refractivity contribution is -0.118. The van der Waals surface area contributed by atoms with Crippen LogP contribution in [0.15, 0.2) is 42.5 Å². The molecule has 2 aromatic carbocycles. The van der Waals surface area contributed by atoms with Crippen molar-refractivity contribution in [3.8, 4) is 5.75 Å². The van der Waals surface area contributed by atoms with Gasteiger partial charge in [-0.1, -0.05) is 30.3 Å². The lowest BCUT2D eigenvalue weighted by atomic mass is 9.91. The molecule has 2 bridgehead atoms. The molecule has 2 aliphatic rings. The molecule has 0 N–H and O–H groups in total. The van der Waals surface area contributed by atoms with Gasteiger partial charge in [-0.3, -0.25) is 9.59 Å². The zero-order chi connectivity index (χ0) is 17.6. The molecule has 128 valence electrons. The van der Waals surface area contributed by atoms with Crippen molar-refractivity contribution in [3.05, 3.63) is 65.0 Å². The first-order valence-corrected chi connectivity index (χ1v) is 8.35. The third kappa shape index (κ3) is 2.60. The van der Waals surface area contributed by atoms with Gasteiger partial charge < -0.3 is 9.64 Å². The van der Waals surface area contributed by atoms with Crippen molar-refractivity contribution < 1.29 is 18.7 Å². The van der Waals surface area contributed by atoms with E-state index in [0.29, 0.717) is 30.8 Å². The molecule has 0 radical (unpaired) electrons. The number of hydrogen-bond acceptors (Lipinski definition) is 3. The monoisotopic (exact) mass is 339 g/mol. The van der Waals surface area contributed by atoms with E-state index >= 15 is 0 Å². The Bertz CT molecular complexity index is 850. The molecule has 1 saturated carbocycles. The van der Waals surface area contributed by atoms with E-state index in [1.165, 1.54) is 17.0 Å². The molecular formula is C20H18FNO3. The molecule has 0 aromatic heterocycles. The summed E-state index contributed by atoms with van der Waals surface area (Å²) in [5, 5.41) is 0. The van der Waals surface area contributed by atoms with Crippen molar-refractivity contribution >= 4 is 11.7 Å². The van der Waals surface area contributed by atoms with Crippen molar-refractivity contribution in [1.29, 1.82) is 0 Å². The number of carbonyl (C=O) groups is 2. The minimum atomic E-state index is -0.598. The fourth-order valence-corrected chi connectivity index (χ4v) is 3.78. The Morgan fingerprint density at radius 1 is 1.16 bits per heavy atom. The van der Waals surface area contributed by atoms with Gasteiger partial charge in [0.15, 0.2) is 0 Å². The van der Waals surface area contributed by atoms with Crippen LogP contribution >= 0.6 is 0 Å². The second-order valence-electron chi connectivity index (χ2n) is 6.64. The third-order valence-electron chi connectivity index (χ3n) is 5.16. The SMILES string of the molecule is CN1C(=O)c2c(F)ccc(OCc3ccccc3)c2C2CC1CC2=O. The van der Waals surface area contributed by atoms with E-state index in [1.807, 2.05) is 30.3 Å². The fourth-order valence-electron chi connectivity index (χ4n) is 3.78. The van der Waals surface area contributed by atoms with Crippen LogP contribution < -0.4 is 4.74 Å². The molecule has 5 heteroatoms. The Balaban J connectivity index is 1.77. The van der Waals surface area contributed by atoms with E-state index in [-0.39, 0.29) is 23.3 Å². The Labute approximate surface area is 145 Å². The highest BCUT2D eigenvalue weighted by Gasteiger charge is 2.45. The summed E-state index contributed by atoms with van der Waals surface area (Å²) in [6, 6.07) is 12.2. The first kappa shape index (κ1) is 15.8. The van der Waals surface area contributed by atoms with Crippen molar-refractivity contribution in [2.45, 2.75) is 31.4 Å². The number of ether oxygens (including phenoxy) is 1. The zero-order valence-electron chi connectivity index (χ0n) is 13.9. The summed E-state index contributed by atoms with van der Waals surface area (Å²) in [4.78, 5) is 26.6. The van der Waals surface area contributed by atoms with Crippen molar-refractivity contribution in [3.63, 3.8) is 0 Å². The van der Waals surface area contributed by atoms with Gasteiger partial charge >= 0.3 is 0 Å². The smallest absolute Gasteiger partial charge is 0.257 e. The topological polar surface area (TPSA) is 46.6 Å². The van der Waals surface area contributed by atoms with E-state index in [9.17, 15) is 14.0 Å². The van der Waals surface area contributed by atoms with Crippen LogP contribution in [0.5, 0.6) is 5.75 Å². The Kier molecular flexibility index (Phi) is 3.79. The number of ketones is 1. The maximum atomic E-state index is 14.5. The summed E-state index contributed by atoms with van der Waals surface area (Å²) < 4.78 is 20.4. The van der Waals surface area contributed by atoms with Gasteiger partial charge in [0.05, 0.1) is 5.56 Å². The van der Waals surface area contributed by atoms with Crippen LogP contribution in [-0.2, 0) is 11.4 Å². The number of carbonyl (C=O) groups excluding carboxylic acids is 2. The summed E-state index contributed by atoms with van der Waals surface area (Å²) >= 11 is 0. The summed E-state index contributed by atoms with van der Waals surface area (Å²) in [5.74, 6) is -0.990. The molecule has 1 fully saturated rings. The van der Waals surface area contributed by atoms with Crippen molar-refractivity contribution in [2.24, 2.45) is 0 Å². The molecule has 2 aromatic rings. The normalized spacial score (nSPS) is 21.9. The van der Waals surface area contributed by atoms with Gasteiger partial charge in [0.1, 0.15) is 24.0 Å². The molecule has 1 heterocycles. The number of halogens is 1. The highest BCUT2D eigenvalue weighted by molar-refractivity contribution is 6.02. The number of rotatable bonds is 3. The molecule has 0 saturated heterocycles. The van der Waals surface area contributed by atoms with Crippen LogP contribution in [0.1, 0.15) is 40.2 Å². The van der Waals surface area contributed by atoms with Gasteiger partial charge in [0.25, 0.3) is 5.91 Å². The van der Waals surface area contributed by atoms with E-state index in [4.69, 9.17) is 4.74 Å². The predicted molar refractivity (Wildman–Crippen MR) is 90.0 cm³/mol. The lowest BCUT2D eigenvalue weighted by Gasteiger charge is -2.24. The molecule has 25 heavy (non-hydrogen) atoms. The molecule has 2 atom stereocenters. The van der Waals surface area contributed by atoms with Crippen molar-refractivity contribution in [2.75, 3.05) is 7.05 Å². The molecule has 1 aliphatic heterocycles. The first-order chi connectivity index (χ1) is 12.1. The van der Waals surface area contributed by atoms with Gasteiger partial charge in [-0.2, -0.15) is 0 Å². The van der Waals surface area contributed by atoms with E-state index in [1.54, 1.807) is 7.05 Å². The largest absolute Gasteiger partial charge is 0.489 e. The Hall–Kier alpha value is -2.69. The molecular weight excluding hydrogens is 321 g/mol. The van der Waals surface area contributed by atoms with Gasteiger partial charge in [-0.25, -0.2) is 4.39 Å². The van der Waals surface area contributed by atoms with Crippen LogP contribution in [0.2, 0.25) is 0 Å². The molecule has 0 spiro atoms. The maximum absolute atomic E-state index is 14.5. The van der Waals surface area contributed by atoms with Gasteiger partial charge in [-0.15, -0.1) is 0 Å². The molecule has 1 aliphatic carbocycles. The number of Topliss-reactive ketones (excluding diaryl/α,β-unsaturated/α-hetero) is 1. The van der Waals surface area contributed by atoms with E-state index in [0.717, 1.165) is 5.56 Å². The van der Waals surface area contributed by atoms with E-state index < -0.39 is 11.7 Å². The average Bonchev–Trinajstić information content (AvgIpc) is 2.96. The number of benzene rings is 2. The van der Waals surface area contributed by atoms with Crippen LogP contribution in [0.3, 0.4) is 0 Å². The number of fused-ring (bicyclic) bond motifs is 4. The van der Waals surface area contributed by atoms with Gasteiger partial charge in [0.2, 0.25) is 0 Å². The first-order valence-electron chi connectivity index (χ1n) is 8.35. The maximum Gasteiger partial charge on any atom is 0.257 e. The Morgan fingerprint density at radius 3 is 2.68 bits per heavy atom. The number of nitrogens with zero attached hydrogens (tertiary/aromatic N) is 1. The highest BCUT2D eigenvalue weighted by atomic mass is 19.1.